The van der Waals surface area contributed by atoms with Crippen LogP contribution in [0.1, 0.15) is 17.3 Å². The van der Waals surface area contributed by atoms with Crippen molar-refractivity contribution in [1.82, 2.24) is 0 Å². The smallest absolute Gasteiger partial charge is 0.283 e. The van der Waals surface area contributed by atoms with Crippen molar-refractivity contribution >= 4 is 11.5 Å². The van der Waals surface area contributed by atoms with Gasteiger partial charge < -0.3 is 9.47 Å². The van der Waals surface area contributed by atoms with E-state index in [1.165, 1.54) is 6.92 Å². The van der Waals surface area contributed by atoms with Crippen LogP contribution in [0, 0.1) is 15.9 Å². The fraction of sp³-hybridized carbons (Fsp3) is 0.364. The van der Waals surface area contributed by atoms with Gasteiger partial charge in [-0.05, 0) is 6.92 Å². The minimum absolute atomic E-state index is 0.167. The molecule has 1 aliphatic rings. The standard InChI is InChI=1S/C11H10FNO5/c1-6(14)8-2-11(18-7-4-17-5-7)9(12)3-10(8)13(15)16/h2-3,7H,4-5H2,1H3. The number of nitro groups is 1. The Morgan fingerprint density at radius 3 is 2.67 bits per heavy atom. The summed E-state index contributed by atoms with van der Waals surface area (Å²) in [5.41, 5.74) is -0.728. The lowest BCUT2D eigenvalue weighted by Crippen LogP contribution is -2.38. The summed E-state index contributed by atoms with van der Waals surface area (Å²) in [6.45, 7) is 1.86. The number of rotatable bonds is 4. The van der Waals surface area contributed by atoms with Gasteiger partial charge in [0.15, 0.2) is 17.3 Å². The highest BCUT2D eigenvalue weighted by Crippen LogP contribution is 2.29. The van der Waals surface area contributed by atoms with Crippen molar-refractivity contribution in [2.45, 2.75) is 13.0 Å². The van der Waals surface area contributed by atoms with E-state index in [9.17, 15) is 19.3 Å². The largest absolute Gasteiger partial charge is 0.482 e. The first kappa shape index (κ1) is 12.4. The molecular formula is C11H10FNO5. The zero-order valence-corrected chi connectivity index (χ0v) is 9.51. The number of ether oxygens (including phenoxy) is 2. The SMILES string of the molecule is CC(=O)c1cc(OC2COC2)c(F)cc1[N+](=O)[O-]. The lowest BCUT2D eigenvalue weighted by Gasteiger charge is -2.26. The molecule has 18 heavy (non-hydrogen) atoms. The maximum Gasteiger partial charge on any atom is 0.283 e. The number of nitro benzene ring substituents is 1. The molecule has 0 aliphatic carbocycles. The van der Waals surface area contributed by atoms with Crippen molar-refractivity contribution in [3.63, 3.8) is 0 Å². The number of Topliss-reactive ketones (excluding diaryl/α,β-unsaturated/α-hetero) is 1. The van der Waals surface area contributed by atoms with Gasteiger partial charge in [0.1, 0.15) is 6.10 Å². The number of hydrogen-bond donors (Lipinski definition) is 0. The molecule has 1 heterocycles. The molecule has 0 atom stereocenters. The molecule has 2 rings (SSSR count). The van der Waals surface area contributed by atoms with E-state index in [2.05, 4.69) is 0 Å². The monoisotopic (exact) mass is 255 g/mol. The van der Waals surface area contributed by atoms with Crippen LogP contribution in [-0.2, 0) is 4.74 Å². The van der Waals surface area contributed by atoms with Crippen molar-refractivity contribution in [3.8, 4) is 5.75 Å². The third kappa shape index (κ3) is 2.30. The summed E-state index contributed by atoms with van der Waals surface area (Å²) < 4.78 is 23.7. The van der Waals surface area contributed by atoms with E-state index in [0.29, 0.717) is 19.3 Å². The Balaban J connectivity index is 2.38. The van der Waals surface area contributed by atoms with Gasteiger partial charge in [-0.2, -0.15) is 0 Å². The summed E-state index contributed by atoms with van der Waals surface area (Å²) in [6, 6.07) is 1.76. The lowest BCUT2D eigenvalue weighted by atomic mass is 10.1. The van der Waals surface area contributed by atoms with Gasteiger partial charge in [-0.25, -0.2) is 4.39 Å². The molecule has 6 nitrogen and oxygen atoms in total. The summed E-state index contributed by atoms with van der Waals surface area (Å²) in [5, 5.41) is 10.7. The quantitative estimate of drug-likeness (QED) is 0.465. The molecule has 0 unspecified atom stereocenters. The van der Waals surface area contributed by atoms with Gasteiger partial charge in [0.25, 0.3) is 5.69 Å². The summed E-state index contributed by atoms with van der Waals surface area (Å²) in [7, 11) is 0. The average Bonchev–Trinajstić information content (AvgIpc) is 2.23. The number of nitrogens with zero attached hydrogens (tertiary/aromatic N) is 1. The van der Waals surface area contributed by atoms with Gasteiger partial charge in [-0.3, -0.25) is 14.9 Å². The third-order valence-electron chi connectivity index (χ3n) is 2.53. The van der Waals surface area contributed by atoms with Gasteiger partial charge in [0.05, 0.1) is 29.8 Å². The molecule has 1 aromatic rings. The molecule has 0 N–H and O–H groups in total. The Labute approximate surface area is 101 Å². The van der Waals surface area contributed by atoms with Crippen molar-refractivity contribution in [2.75, 3.05) is 13.2 Å². The van der Waals surface area contributed by atoms with Crippen molar-refractivity contribution in [1.29, 1.82) is 0 Å². The number of carbonyl (C=O) groups is 1. The Hall–Kier alpha value is -2.02. The highest BCUT2D eigenvalue weighted by atomic mass is 19.1. The minimum Gasteiger partial charge on any atom is -0.482 e. The van der Waals surface area contributed by atoms with Gasteiger partial charge in [-0.1, -0.05) is 0 Å². The van der Waals surface area contributed by atoms with E-state index in [0.717, 1.165) is 6.07 Å². The predicted molar refractivity (Wildman–Crippen MR) is 58.3 cm³/mol. The molecule has 1 aromatic carbocycles. The van der Waals surface area contributed by atoms with Crippen LogP contribution in [0.5, 0.6) is 5.75 Å². The highest BCUT2D eigenvalue weighted by Gasteiger charge is 2.26. The molecule has 1 aliphatic heterocycles. The van der Waals surface area contributed by atoms with Crippen LogP contribution in [0.25, 0.3) is 0 Å². The second kappa shape index (κ2) is 4.69. The summed E-state index contributed by atoms with van der Waals surface area (Å²) in [4.78, 5) is 21.2. The number of hydrogen-bond acceptors (Lipinski definition) is 5. The molecule has 0 saturated carbocycles. The Morgan fingerprint density at radius 2 is 2.22 bits per heavy atom. The molecule has 96 valence electrons. The second-order valence-electron chi connectivity index (χ2n) is 3.89. The van der Waals surface area contributed by atoms with Crippen molar-refractivity contribution < 1.29 is 23.6 Å². The maximum atomic E-state index is 13.6. The number of ketones is 1. The minimum atomic E-state index is -0.862. The Kier molecular flexibility index (Phi) is 3.24. The van der Waals surface area contributed by atoms with Crippen molar-refractivity contribution in [2.24, 2.45) is 0 Å². The van der Waals surface area contributed by atoms with Gasteiger partial charge >= 0.3 is 0 Å². The highest BCUT2D eigenvalue weighted by molar-refractivity contribution is 5.98. The number of benzene rings is 1. The van der Waals surface area contributed by atoms with Crippen LogP contribution in [0.4, 0.5) is 10.1 Å². The molecule has 1 saturated heterocycles. The predicted octanol–water partition coefficient (Wildman–Crippen LogP) is 1.71. The van der Waals surface area contributed by atoms with E-state index in [1.807, 2.05) is 0 Å². The summed E-state index contributed by atoms with van der Waals surface area (Å²) >= 11 is 0. The molecule has 0 bridgehead atoms. The average molecular weight is 255 g/mol. The molecule has 0 aromatic heterocycles. The van der Waals surface area contributed by atoms with Gasteiger partial charge in [0.2, 0.25) is 0 Å². The van der Waals surface area contributed by atoms with Crippen molar-refractivity contribution in [3.05, 3.63) is 33.6 Å². The zero-order valence-electron chi connectivity index (χ0n) is 9.51. The molecular weight excluding hydrogens is 245 g/mol. The van der Waals surface area contributed by atoms with E-state index in [-0.39, 0.29) is 17.4 Å². The normalized spacial score (nSPS) is 15.0. The van der Waals surface area contributed by atoms with E-state index in [1.54, 1.807) is 0 Å². The molecule has 0 radical (unpaired) electrons. The van der Waals surface area contributed by atoms with Crippen LogP contribution >= 0.6 is 0 Å². The third-order valence-corrected chi connectivity index (χ3v) is 2.53. The first-order valence-electron chi connectivity index (χ1n) is 5.22. The second-order valence-corrected chi connectivity index (χ2v) is 3.89. The van der Waals surface area contributed by atoms with E-state index in [4.69, 9.17) is 9.47 Å². The van der Waals surface area contributed by atoms with Crippen LogP contribution in [0.2, 0.25) is 0 Å². The molecule has 7 heteroatoms. The molecule has 0 amide bonds. The van der Waals surface area contributed by atoms with Crippen LogP contribution in [-0.4, -0.2) is 30.0 Å². The van der Waals surface area contributed by atoms with Gasteiger partial charge in [-0.15, -0.1) is 0 Å². The molecule has 1 fully saturated rings. The fourth-order valence-electron chi connectivity index (χ4n) is 1.53. The van der Waals surface area contributed by atoms with E-state index >= 15 is 0 Å². The summed E-state index contributed by atoms with van der Waals surface area (Å²) in [6.07, 6.45) is -0.277. The summed E-state index contributed by atoms with van der Waals surface area (Å²) in [5.74, 6) is -1.55. The van der Waals surface area contributed by atoms with Crippen LogP contribution in [0.15, 0.2) is 12.1 Å². The number of carbonyl (C=O) groups excluding carboxylic acids is 1. The lowest BCUT2D eigenvalue weighted by molar-refractivity contribution is -0.385. The Morgan fingerprint density at radius 1 is 1.56 bits per heavy atom. The number of halogens is 1. The van der Waals surface area contributed by atoms with E-state index < -0.39 is 22.2 Å². The van der Waals surface area contributed by atoms with Crippen LogP contribution in [0.3, 0.4) is 0 Å². The first-order valence-corrected chi connectivity index (χ1v) is 5.22. The zero-order chi connectivity index (χ0) is 13.3. The topological polar surface area (TPSA) is 78.7 Å². The Bertz CT molecular complexity index is 512. The molecule has 0 spiro atoms. The first-order chi connectivity index (χ1) is 8.49. The van der Waals surface area contributed by atoms with Gasteiger partial charge in [0, 0.05) is 6.07 Å². The fourth-order valence-corrected chi connectivity index (χ4v) is 1.53. The van der Waals surface area contributed by atoms with Crippen LogP contribution < -0.4 is 4.74 Å². The maximum absolute atomic E-state index is 13.6.